The number of ketones is 1. The molecule has 0 bridgehead atoms. The Morgan fingerprint density at radius 1 is 1.07 bits per heavy atom. The van der Waals surface area contributed by atoms with Gasteiger partial charge in [0.25, 0.3) is 0 Å². The van der Waals surface area contributed by atoms with E-state index in [-0.39, 0.29) is 24.2 Å². The third-order valence-electron chi connectivity index (χ3n) is 4.70. The number of Topliss-reactive ketones (excluding diaryl/α,β-unsaturated/α-hetero) is 1. The summed E-state index contributed by atoms with van der Waals surface area (Å²) in [5.74, 6) is -3.54. The van der Waals surface area contributed by atoms with E-state index in [1.54, 1.807) is 0 Å². The zero-order valence-electron chi connectivity index (χ0n) is 15.3. The van der Waals surface area contributed by atoms with E-state index in [2.05, 4.69) is 10.6 Å². The molecular formula is C21H22F2N2O3. The SMILES string of the molecule is O=C(CNC(=O)C1CCNCC1)c1c(F)ccc(OCc2ccccc2)c1F. The minimum atomic E-state index is -1.06. The minimum Gasteiger partial charge on any atom is -0.486 e. The summed E-state index contributed by atoms with van der Waals surface area (Å²) in [4.78, 5) is 24.5. The first-order chi connectivity index (χ1) is 13.6. The molecule has 148 valence electrons. The second-order valence-corrected chi connectivity index (χ2v) is 6.67. The Morgan fingerprint density at radius 3 is 2.50 bits per heavy atom. The van der Waals surface area contributed by atoms with Crippen LogP contribution < -0.4 is 15.4 Å². The number of amides is 1. The fourth-order valence-electron chi connectivity index (χ4n) is 3.12. The minimum absolute atomic E-state index is 0.0868. The molecule has 2 aromatic rings. The average molecular weight is 388 g/mol. The number of benzene rings is 2. The summed E-state index contributed by atoms with van der Waals surface area (Å²) >= 11 is 0. The molecule has 0 aliphatic carbocycles. The predicted molar refractivity (Wildman–Crippen MR) is 100 cm³/mol. The van der Waals surface area contributed by atoms with Crippen molar-refractivity contribution in [3.05, 3.63) is 65.2 Å². The van der Waals surface area contributed by atoms with E-state index >= 15 is 0 Å². The smallest absolute Gasteiger partial charge is 0.223 e. The topological polar surface area (TPSA) is 67.4 Å². The van der Waals surface area contributed by atoms with Crippen molar-refractivity contribution in [1.82, 2.24) is 10.6 Å². The number of ether oxygens (including phenoxy) is 1. The van der Waals surface area contributed by atoms with Gasteiger partial charge >= 0.3 is 0 Å². The Balaban J connectivity index is 1.64. The van der Waals surface area contributed by atoms with Crippen molar-refractivity contribution in [2.75, 3.05) is 19.6 Å². The molecule has 2 N–H and O–H groups in total. The van der Waals surface area contributed by atoms with Crippen molar-refractivity contribution in [1.29, 1.82) is 0 Å². The summed E-state index contributed by atoms with van der Waals surface area (Å²) < 4.78 is 34.1. The molecule has 2 aromatic carbocycles. The Kier molecular flexibility index (Phi) is 6.71. The van der Waals surface area contributed by atoms with Crippen molar-refractivity contribution in [3.8, 4) is 5.75 Å². The molecule has 7 heteroatoms. The van der Waals surface area contributed by atoms with Crippen LogP contribution in [0.25, 0.3) is 0 Å². The monoisotopic (exact) mass is 388 g/mol. The second-order valence-electron chi connectivity index (χ2n) is 6.67. The molecular weight excluding hydrogens is 366 g/mol. The number of hydrogen-bond acceptors (Lipinski definition) is 4. The fourth-order valence-corrected chi connectivity index (χ4v) is 3.12. The van der Waals surface area contributed by atoms with Crippen molar-refractivity contribution in [2.45, 2.75) is 19.4 Å². The van der Waals surface area contributed by atoms with Crippen molar-refractivity contribution in [2.24, 2.45) is 5.92 Å². The highest BCUT2D eigenvalue weighted by Crippen LogP contribution is 2.24. The van der Waals surface area contributed by atoms with Crippen LogP contribution >= 0.6 is 0 Å². The van der Waals surface area contributed by atoms with Gasteiger partial charge in [-0.3, -0.25) is 9.59 Å². The van der Waals surface area contributed by atoms with Gasteiger partial charge in [0.15, 0.2) is 17.3 Å². The van der Waals surface area contributed by atoms with Crippen LogP contribution in [0.4, 0.5) is 8.78 Å². The lowest BCUT2D eigenvalue weighted by atomic mass is 9.97. The molecule has 1 aliphatic rings. The van der Waals surface area contributed by atoms with Crippen molar-refractivity contribution >= 4 is 11.7 Å². The van der Waals surface area contributed by atoms with Crippen LogP contribution in [0.1, 0.15) is 28.8 Å². The normalized spacial score (nSPS) is 14.5. The lowest BCUT2D eigenvalue weighted by Crippen LogP contribution is -2.40. The number of carbonyl (C=O) groups is 2. The molecule has 0 aromatic heterocycles. The third kappa shape index (κ3) is 4.92. The van der Waals surface area contributed by atoms with Gasteiger partial charge in [-0.25, -0.2) is 8.78 Å². The molecule has 0 spiro atoms. The number of halogens is 2. The molecule has 0 unspecified atom stereocenters. The maximum atomic E-state index is 14.7. The van der Waals surface area contributed by atoms with Crippen molar-refractivity contribution in [3.63, 3.8) is 0 Å². The largest absolute Gasteiger partial charge is 0.486 e. The van der Waals surface area contributed by atoms with Crippen molar-refractivity contribution < 1.29 is 23.1 Å². The van der Waals surface area contributed by atoms with Crippen LogP contribution in [0.15, 0.2) is 42.5 Å². The number of rotatable bonds is 7. The number of nitrogens with one attached hydrogen (secondary N) is 2. The molecule has 5 nitrogen and oxygen atoms in total. The standard InChI is InChI=1S/C21H22F2N2O3/c22-16-6-7-18(28-13-14-4-2-1-3-5-14)20(23)19(16)17(26)12-25-21(27)15-8-10-24-11-9-15/h1-7,15,24H,8-13H2,(H,25,27). The molecule has 1 aliphatic heterocycles. The van der Waals surface area contributed by atoms with Gasteiger partial charge in [-0.05, 0) is 43.6 Å². The van der Waals surface area contributed by atoms with Gasteiger partial charge in [0.2, 0.25) is 5.91 Å². The molecule has 1 saturated heterocycles. The fraction of sp³-hybridized carbons (Fsp3) is 0.333. The van der Waals surface area contributed by atoms with Crippen LogP contribution in [0.3, 0.4) is 0 Å². The second kappa shape index (κ2) is 9.41. The molecule has 1 amide bonds. The summed E-state index contributed by atoms with van der Waals surface area (Å²) in [6.45, 7) is 1.09. The molecule has 0 saturated carbocycles. The highest BCUT2D eigenvalue weighted by atomic mass is 19.1. The number of carbonyl (C=O) groups excluding carboxylic acids is 2. The van der Waals surface area contributed by atoms with E-state index in [0.717, 1.165) is 30.8 Å². The molecule has 28 heavy (non-hydrogen) atoms. The summed E-state index contributed by atoms with van der Waals surface area (Å²) in [6, 6.07) is 11.2. The number of hydrogen-bond donors (Lipinski definition) is 2. The van der Waals surface area contributed by atoms with Gasteiger partial charge in [-0.2, -0.15) is 0 Å². The first-order valence-electron chi connectivity index (χ1n) is 9.22. The van der Waals surface area contributed by atoms with E-state index in [9.17, 15) is 18.4 Å². The predicted octanol–water partition coefficient (Wildman–Crippen LogP) is 2.84. The summed E-state index contributed by atoms with van der Waals surface area (Å²) in [5.41, 5.74) is 0.115. The highest BCUT2D eigenvalue weighted by Gasteiger charge is 2.24. The lowest BCUT2D eigenvalue weighted by molar-refractivity contribution is -0.125. The maximum absolute atomic E-state index is 14.7. The van der Waals surface area contributed by atoms with Gasteiger partial charge in [0, 0.05) is 5.92 Å². The Bertz CT molecular complexity index is 837. The van der Waals surface area contributed by atoms with Gasteiger partial charge in [0.1, 0.15) is 12.4 Å². The van der Waals surface area contributed by atoms with Gasteiger partial charge in [0.05, 0.1) is 12.1 Å². The lowest BCUT2D eigenvalue weighted by Gasteiger charge is -2.21. The molecule has 0 atom stereocenters. The summed E-state index contributed by atoms with van der Waals surface area (Å²) in [5, 5.41) is 5.64. The molecule has 1 fully saturated rings. The summed E-state index contributed by atoms with van der Waals surface area (Å²) in [7, 11) is 0. The first kappa shape index (κ1) is 19.9. The van der Waals surface area contributed by atoms with E-state index in [1.165, 1.54) is 0 Å². The zero-order chi connectivity index (χ0) is 19.9. The van der Waals surface area contributed by atoms with Gasteiger partial charge < -0.3 is 15.4 Å². The van der Waals surface area contributed by atoms with Gasteiger partial charge in [-0.1, -0.05) is 30.3 Å². The van der Waals surface area contributed by atoms with Crippen LogP contribution in [-0.4, -0.2) is 31.3 Å². The first-order valence-corrected chi connectivity index (χ1v) is 9.22. The van der Waals surface area contributed by atoms with Crippen LogP contribution in [0, 0.1) is 17.6 Å². The quantitative estimate of drug-likeness (QED) is 0.716. The van der Waals surface area contributed by atoms with E-state index in [4.69, 9.17) is 4.74 Å². The number of piperidine rings is 1. The van der Waals surface area contributed by atoms with Crippen LogP contribution in [-0.2, 0) is 11.4 Å². The molecule has 1 heterocycles. The molecule has 3 rings (SSSR count). The average Bonchev–Trinajstić information content (AvgIpc) is 2.73. The Morgan fingerprint density at radius 2 is 1.79 bits per heavy atom. The van der Waals surface area contributed by atoms with Gasteiger partial charge in [-0.15, -0.1) is 0 Å². The zero-order valence-corrected chi connectivity index (χ0v) is 15.3. The van der Waals surface area contributed by atoms with Crippen LogP contribution in [0.2, 0.25) is 0 Å². The maximum Gasteiger partial charge on any atom is 0.223 e. The Hall–Kier alpha value is -2.80. The van der Waals surface area contributed by atoms with E-state index in [1.807, 2.05) is 30.3 Å². The van der Waals surface area contributed by atoms with E-state index in [0.29, 0.717) is 12.8 Å². The third-order valence-corrected chi connectivity index (χ3v) is 4.70. The van der Waals surface area contributed by atoms with Crippen LogP contribution in [0.5, 0.6) is 5.75 Å². The molecule has 0 radical (unpaired) electrons. The highest BCUT2D eigenvalue weighted by molar-refractivity contribution is 6.00. The Labute approximate surface area is 162 Å². The summed E-state index contributed by atoms with van der Waals surface area (Å²) in [6.07, 6.45) is 1.34. The van der Waals surface area contributed by atoms with E-state index < -0.39 is 29.5 Å².